The van der Waals surface area contributed by atoms with Crippen LogP contribution in [-0.2, 0) is 0 Å². The van der Waals surface area contributed by atoms with Gasteiger partial charge in [0.15, 0.2) is 0 Å². The van der Waals surface area contributed by atoms with Gasteiger partial charge in [0.2, 0.25) is 0 Å². The van der Waals surface area contributed by atoms with Crippen molar-refractivity contribution in [2.45, 2.75) is 44.8 Å². The van der Waals surface area contributed by atoms with E-state index >= 15 is 0 Å². The third-order valence-electron chi connectivity index (χ3n) is 7.40. The van der Waals surface area contributed by atoms with Gasteiger partial charge in [0.1, 0.15) is 11.6 Å². The lowest BCUT2D eigenvalue weighted by molar-refractivity contribution is -0.120. The second-order valence-electron chi connectivity index (χ2n) is 9.68. The first-order chi connectivity index (χ1) is 17.5. The van der Waals surface area contributed by atoms with Crippen LogP contribution >= 0.6 is 0 Å². The van der Waals surface area contributed by atoms with Crippen molar-refractivity contribution in [2.24, 2.45) is 0 Å². The summed E-state index contributed by atoms with van der Waals surface area (Å²) < 4.78 is 26.4. The average molecular weight is 494 g/mol. The standard InChI is InChI=1S/C17H18F2N2O.C13H19N/c18-15-5-1-13(2-6-15)17(14-3-7-16(19)8-4-14)20-9-11-21(22)12-10-20;1-3-14-11(2)9-10-13(14)12-7-5-4-6-8-12/h1-8,17,22H,9-12H2;4-8,11,13H,3,9-10H2,1-2H3/t;11-,13-/m.0/s1. The smallest absolute Gasteiger partial charge is 0.123 e. The molecule has 2 fully saturated rings. The van der Waals surface area contributed by atoms with Crippen molar-refractivity contribution in [3.05, 3.63) is 107 Å². The minimum absolute atomic E-state index is 0.0742. The Balaban J connectivity index is 0.000000187. The summed E-state index contributed by atoms with van der Waals surface area (Å²) in [6, 6.07) is 25.0. The van der Waals surface area contributed by atoms with Crippen molar-refractivity contribution in [3.8, 4) is 0 Å². The average Bonchev–Trinajstić information content (AvgIpc) is 3.29. The number of piperazine rings is 1. The predicted molar refractivity (Wildman–Crippen MR) is 140 cm³/mol. The molecule has 192 valence electrons. The Hall–Kier alpha value is -2.64. The summed E-state index contributed by atoms with van der Waals surface area (Å²) in [5.41, 5.74) is 3.40. The van der Waals surface area contributed by atoms with E-state index in [-0.39, 0.29) is 17.7 Å². The molecule has 6 heteroatoms. The molecule has 3 aromatic carbocycles. The lowest BCUT2D eigenvalue weighted by Crippen LogP contribution is -2.46. The molecule has 2 heterocycles. The van der Waals surface area contributed by atoms with E-state index < -0.39 is 0 Å². The van der Waals surface area contributed by atoms with Crippen LogP contribution in [0.3, 0.4) is 0 Å². The fraction of sp³-hybridized carbons (Fsp3) is 0.400. The topological polar surface area (TPSA) is 30.0 Å². The Bertz CT molecular complexity index is 1010. The summed E-state index contributed by atoms with van der Waals surface area (Å²) in [6.07, 6.45) is 2.66. The van der Waals surface area contributed by atoms with Crippen molar-refractivity contribution >= 4 is 0 Å². The summed E-state index contributed by atoms with van der Waals surface area (Å²) >= 11 is 0. The van der Waals surface area contributed by atoms with Gasteiger partial charge >= 0.3 is 0 Å². The first kappa shape index (κ1) is 26.4. The van der Waals surface area contributed by atoms with Crippen LogP contribution in [0, 0.1) is 11.6 Å². The predicted octanol–water partition coefficient (Wildman–Crippen LogP) is 6.29. The van der Waals surface area contributed by atoms with Crippen LogP contribution in [0.2, 0.25) is 0 Å². The maximum Gasteiger partial charge on any atom is 0.123 e. The highest BCUT2D eigenvalue weighted by atomic mass is 19.1. The molecule has 0 spiro atoms. The van der Waals surface area contributed by atoms with E-state index in [1.807, 2.05) is 0 Å². The molecule has 0 radical (unpaired) electrons. The first-order valence-electron chi connectivity index (χ1n) is 13.0. The molecule has 0 unspecified atom stereocenters. The molecule has 2 saturated heterocycles. The number of hydrogen-bond donors (Lipinski definition) is 1. The molecule has 36 heavy (non-hydrogen) atoms. The van der Waals surface area contributed by atoms with Crippen molar-refractivity contribution in [1.29, 1.82) is 0 Å². The summed E-state index contributed by atoms with van der Waals surface area (Å²) in [6.45, 7) is 8.26. The first-order valence-corrected chi connectivity index (χ1v) is 13.0. The summed E-state index contributed by atoms with van der Waals surface area (Å²) in [5, 5.41) is 10.8. The quantitative estimate of drug-likeness (QED) is 0.452. The number of rotatable bonds is 5. The Kier molecular flexibility index (Phi) is 9.21. The Morgan fingerprint density at radius 2 is 1.31 bits per heavy atom. The molecule has 2 aliphatic heterocycles. The number of benzene rings is 3. The van der Waals surface area contributed by atoms with E-state index in [1.165, 1.54) is 54.3 Å². The molecular formula is C30H37F2N3O. The highest BCUT2D eigenvalue weighted by Crippen LogP contribution is 2.35. The number of likely N-dealkylation sites (tertiary alicyclic amines) is 1. The van der Waals surface area contributed by atoms with Gasteiger partial charge in [0.25, 0.3) is 0 Å². The molecule has 0 saturated carbocycles. The summed E-state index contributed by atoms with van der Waals surface area (Å²) in [7, 11) is 0. The zero-order valence-electron chi connectivity index (χ0n) is 21.2. The largest absolute Gasteiger partial charge is 0.314 e. The number of halogens is 2. The Labute approximate surface area is 213 Å². The van der Waals surface area contributed by atoms with E-state index in [0.717, 1.165) is 17.2 Å². The summed E-state index contributed by atoms with van der Waals surface area (Å²) in [5.74, 6) is -0.552. The maximum atomic E-state index is 13.2. The minimum Gasteiger partial charge on any atom is -0.314 e. The van der Waals surface area contributed by atoms with Gasteiger partial charge in [-0.2, -0.15) is 5.06 Å². The van der Waals surface area contributed by atoms with E-state index in [0.29, 0.717) is 32.2 Å². The highest BCUT2D eigenvalue weighted by Gasteiger charge is 2.30. The lowest BCUT2D eigenvalue weighted by atomic mass is 9.96. The molecule has 4 nitrogen and oxygen atoms in total. The van der Waals surface area contributed by atoms with E-state index in [2.05, 4.69) is 54.0 Å². The van der Waals surface area contributed by atoms with Crippen molar-refractivity contribution in [2.75, 3.05) is 32.7 Å². The molecular weight excluding hydrogens is 456 g/mol. The Morgan fingerprint density at radius 1 is 0.778 bits per heavy atom. The number of hydroxylamine groups is 2. The van der Waals surface area contributed by atoms with Gasteiger partial charge in [-0.05, 0) is 67.3 Å². The van der Waals surface area contributed by atoms with Gasteiger partial charge in [0, 0.05) is 38.3 Å². The SMILES string of the molecule is CCN1[C@@H](C)CC[C@H]1c1ccccc1.ON1CCN(C(c2ccc(F)cc2)c2ccc(F)cc2)CC1. The fourth-order valence-electron chi connectivity index (χ4n) is 5.48. The third-order valence-corrected chi connectivity index (χ3v) is 7.40. The van der Waals surface area contributed by atoms with E-state index in [9.17, 15) is 14.0 Å². The van der Waals surface area contributed by atoms with Crippen LogP contribution in [0.4, 0.5) is 8.78 Å². The third kappa shape index (κ3) is 6.56. The van der Waals surface area contributed by atoms with Crippen LogP contribution in [0.5, 0.6) is 0 Å². The molecule has 0 aliphatic carbocycles. The molecule has 2 aliphatic rings. The molecule has 3 aromatic rings. The maximum absolute atomic E-state index is 13.2. The van der Waals surface area contributed by atoms with Crippen LogP contribution in [0.15, 0.2) is 78.9 Å². The van der Waals surface area contributed by atoms with Crippen LogP contribution < -0.4 is 0 Å². The van der Waals surface area contributed by atoms with Gasteiger partial charge in [0.05, 0.1) is 6.04 Å². The van der Waals surface area contributed by atoms with Crippen LogP contribution in [0.1, 0.15) is 55.5 Å². The van der Waals surface area contributed by atoms with Gasteiger partial charge in [-0.25, -0.2) is 8.78 Å². The molecule has 1 N–H and O–H groups in total. The fourth-order valence-corrected chi connectivity index (χ4v) is 5.48. The molecule has 0 amide bonds. The second-order valence-corrected chi connectivity index (χ2v) is 9.68. The monoisotopic (exact) mass is 493 g/mol. The van der Waals surface area contributed by atoms with Gasteiger partial charge in [-0.1, -0.05) is 61.5 Å². The van der Waals surface area contributed by atoms with Crippen molar-refractivity contribution in [1.82, 2.24) is 14.9 Å². The summed E-state index contributed by atoms with van der Waals surface area (Å²) in [4.78, 5) is 4.82. The molecule has 0 bridgehead atoms. The zero-order chi connectivity index (χ0) is 25.5. The highest BCUT2D eigenvalue weighted by molar-refractivity contribution is 5.32. The van der Waals surface area contributed by atoms with Gasteiger partial charge in [-0.3, -0.25) is 9.80 Å². The number of nitrogens with zero attached hydrogens (tertiary/aromatic N) is 3. The van der Waals surface area contributed by atoms with Crippen LogP contribution in [-0.4, -0.2) is 58.8 Å². The normalized spacial score (nSPS) is 21.4. The molecule has 2 atom stereocenters. The Morgan fingerprint density at radius 3 is 1.81 bits per heavy atom. The van der Waals surface area contributed by atoms with Gasteiger partial charge in [-0.15, -0.1) is 0 Å². The number of hydrogen-bond acceptors (Lipinski definition) is 4. The minimum atomic E-state index is -0.276. The second kappa shape index (κ2) is 12.5. The molecule has 5 rings (SSSR count). The van der Waals surface area contributed by atoms with Crippen LogP contribution in [0.25, 0.3) is 0 Å². The van der Waals surface area contributed by atoms with Gasteiger partial charge < -0.3 is 5.21 Å². The van der Waals surface area contributed by atoms with E-state index in [1.54, 1.807) is 24.3 Å². The van der Waals surface area contributed by atoms with Crippen molar-refractivity contribution in [3.63, 3.8) is 0 Å². The molecule has 0 aromatic heterocycles. The van der Waals surface area contributed by atoms with Crippen molar-refractivity contribution < 1.29 is 14.0 Å². The van der Waals surface area contributed by atoms with E-state index in [4.69, 9.17) is 0 Å². The lowest BCUT2D eigenvalue weighted by Gasteiger charge is -2.37. The zero-order valence-corrected chi connectivity index (χ0v) is 21.2.